The maximum Gasteiger partial charge on any atom is 0.416 e. The first-order valence-corrected chi connectivity index (χ1v) is 7.91. The molecule has 0 saturated heterocycles. The topological polar surface area (TPSA) is 97.1 Å². The van der Waals surface area contributed by atoms with Gasteiger partial charge in [-0.05, 0) is 37.3 Å². The molecular weight excluding hydrogens is 377 g/mol. The third kappa shape index (κ3) is 3.85. The number of benzene rings is 1. The van der Waals surface area contributed by atoms with E-state index < -0.39 is 28.8 Å². The molecule has 0 aliphatic carbocycles. The molecule has 1 amide bonds. The smallest absolute Gasteiger partial charge is 0.416 e. The molecule has 0 saturated carbocycles. The van der Waals surface area contributed by atoms with Crippen LogP contribution < -0.4 is 10.7 Å². The minimum absolute atomic E-state index is 0.0297. The van der Waals surface area contributed by atoms with Crippen molar-refractivity contribution in [3.63, 3.8) is 0 Å². The summed E-state index contributed by atoms with van der Waals surface area (Å²) in [5.41, 5.74) is -1.92. The van der Waals surface area contributed by atoms with E-state index in [1.165, 1.54) is 37.4 Å². The van der Waals surface area contributed by atoms with Gasteiger partial charge in [-0.1, -0.05) is 6.07 Å². The third-order valence-corrected chi connectivity index (χ3v) is 3.76. The first-order valence-electron chi connectivity index (χ1n) is 7.91. The molecule has 2 N–H and O–H groups in total. The summed E-state index contributed by atoms with van der Waals surface area (Å²) in [6.45, 7) is 1.47. The summed E-state index contributed by atoms with van der Waals surface area (Å²) in [5, 5.41) is 15.8. The normalized spacial score (nSPS) is 11.3. The van der Waals surface area contributed by atoms with E-state index in [1.807, 2.05) is 0 Å². The molecule has 144 valence electrons. The Labute approximate surface area is 156 Å². The number of aromatic nitrogens is 3. The Kier molecular flexibility index (Phi) is 4.87. The fourth-order valence-corrected chi connectivity index (χ4v) is 2.44. The number of carbonyl (C=O) groups is 1. The Morgan fingerprint density at radius 2 is 1.93 bits per heavy atom. The van der Waals surface area contributed by atoms with Crippen LogP contribution >= 0.6 is 0 Å². The van der Waals surface area contributed by atoms with E-state index >= 15 is 0 Å². The Morgan fingerprint density at radius 1 is 1.18 bits per heavy atom. The van der Waals surface area contributed by atoms with E-state index in [-0.39, 0.29) is 22.9 Å². The zero-order chi connectivity index (χ0) is 20.5. The zero-order valence-electron chi connectivity index (χ0n) is 14.4. The summed E-state index contributed by atoms with van der Waals surface area (Å²) in [4.78, 5) is 28.3. The van der Waals surface area contributed by atoms with Gasteiger partial charge in [-0.3, -0.25) is 9.59 Å². The van der Waals surface area contributed by atoms with Crippen molar-refractivity contribution >= 4 is 11.7 Å². The number of pyridine rings is 1. The monoisotopic (exact) mass is 390 g/mol. The standard InChI is InChI=1S/C18H13F3N4O3/c1-10-8-14(27)15(17(28)23-16-13(26)6-3-7-22-16)24-25(10)12-5-2-4-11(9-12)18(19,20)21/h2-9,26H,1H3,(H,22,23,28). The van der Waals surface area contributed by atoms with Gasteiger partial charge >= 0.3 is 6.18 Å². The van der Waals surface area contributed by atoms with E-state index in [2.05, 4.69) is 15.4 Å². The summed E-state index contributed by atoms with van der Waals surface area (Å²) in [6, 6.07) is 8.13. The maximum absolute atomic E-state index is 13.0. The number of aryl methyl sites for hydroxylation is 1. The highest BCUT2D eigenvalue weighted by Gasteiger charge is 2.30. The molecule has 0 aliphatic heterocycles. The van der Waals surface area contributed by atoms with Gasteiger partial charge in [0.2, 0.25) is 5.43 Å². The molecule has 2 aromatic heterocycles. The molecule has 10 heteroatoms. The summed E-state index contributed by atoms with van der Waals surface area (Å²) in [5.74, 6) is -1.46. The molecule has 0 atom stereocenters. The highest BCUT2D eigenvalue weighted by molar-refractivity contribution is 6.02. The number of nitrogens with zero attached hydrogens (tertiary/aromatic N) is 3. The van der Waals surface area contributed by atoms with E-state index in [1.54, 1.807) is 0 Å². The molecular formula is C18H13F3N4O3. The number of nitrogens with one attached hydrogen (secondary N) is 1. The van der Waals surface area contributed by atoms with Crippen molar-refractivity contribution in [3.8, 4) is 11.4 Å². The van der Waals surface area contributed by atoms with Crippen molar-refractivity contribution < 1.29 is 23.1 Å². The number of rotatable bonds is 3. The first-order chi connectivity index (χ1) is 13.2. The third-order valence-electron chi connectivity index (χ3n) is 3.76. The number of alkyl halides is 3. The molecule has 2 heterocycles. The minimum atomic E-state index is -4.56. The van der Waals surface area contributed by atoms with Crippen LogP contribution in [0.3, 0.4) is 0 Å². The van der Waals surface area contributed by atoms with Gasteiger partial charge in [-0.2, -0.15) is 18.3 Å². The summed E-state index contributed by atoms with van der Waals surface area (Å²) in [6.07, 6.45) is -3.24. The van der Waals surface area contributed by atoms with Crippen molar-refractivity contribution in [1.29, 1.82) is 0 Å². The lowest BCUT2D eigenvalue weighted by molar-refractivity contribution is -0.137. The van der Waals surface area contributed by atoms with E-state index in [0.717, 1.165) is 22.9 Å². The van der Waals surface area contributed by atoms with Crippen molar-refractivity contribution in [2.24, 2.45) is 0 Å². The highest BCUT2D eigenvalue weighted by atomic mass is 19.4. The van der Waals surface area contributed by atoms with E-state index in [0.29, 0.717) is 0 Å². The predicted octanol–water partition coefficient (Wildman–Crippen LogP) is 2.91. The number of aromatic hydroxyl groups is 1. The lowest BCUT2D eigenvalue weighted by Gasteiger charge is -2.13. The average molecular weight is 390 g/mol. The Hall–Kier alpha value is -3.69. The number of amides is 1. The van der Waals surface area contributed by atoms with Crippen LogP contribution in [0.4, 0.5) is 19.0 Å². The van der Waals surface area contributed by atoms with Crippen molar-refractivity contribution in [2.45, 2.75) is 13.1 Å². The lowest BCUT2D eigenvalue weighted by atomic mass is 10.2. The number of hydrogen-bond donors (Lipinski definition) is 2. The molecule has 3 aromatic rings. The number of carbonyl (C=O) groups excluding carboxylic acids is 1. The minimum Gasteiger partial charge on any atom is -0.504 e. The maximum atomic E-state index is 13.0. The Bertz CT molecular complexity index is 1110. The molecule has 0 radical (unpaired) electrons. The zero-order valence-corrected chi connectivity index (χ0v) is 14.4. The largest absolute Gasteiger partial charge is 0.504 e. The van der Waals surface area contributed by atoms with Gasteiger partial charge in [0.15, 0.2) is 17.3 Å². The molecule has 1 aromatic carbocycles. The van der Waals surface area contributed by atoms with Gasteiger partial charge in [0.25, 0.3) is 5.91 Å². The lowest BCUT2D eigenvalue weighted by Crippen LogP contribution is -2.27. The second kappa shape index (κ2) is 7.14. The van der Waals surface area contributed by atoms with Crippen LogP contribution in [0.25, 0.3) is 5.69 Å². The van der Waals surface area contributed by atoms with Crippen molar-refractivity contribution in [2.75, 3.05) is 5.32 Å². The Morgan fingerprint density at radius 3 is 2.61 bits per heavy atom. The van der Waals surface area contributed by atoms with Gasteiger partial charge in [0, 0.05) is 18.0 Å². The second-order valence-electron chi connectivity index (χ2n) is 5.78. The van der Waals surface area contributed by atoms with E-state index in [4.69, 9.17) is 0 Å². The predicted molar refractivity (Wildman–Crippen MR) is 93.4 cm³/mol. The van der Waals surface area contributed by atoms with Crippen LogP contribution in [0.1, 0.15) is 21.7 Å². The van der Waals surface area contributed by atoms with Gasteiger partial charge in [0.05, 0.1) is 11.3 Å². The molecule has 0 spiro atoms. The fraction of sp³-hybridized carbons (Fsp3) is 0.111. The van der Waals surface area contributed by atoms with E-state index in [9.17, 15) is 27.9 Å². The SMILES string of the molecule is Cc1cc(=O)c(C(=O)Nc2ncccc2O)nn1-c1cccc(C(F)(F)F)c1. The molecule has 0 aliphatic rings. The second-order valence-corrected chi connectivity index (χ2v) is 5.78. The summed E-state index contributed by atoms with van der Waals surface area (Å²) >= 11 is 0. The van der Waals surface area contributed by atoms with Crippen molar-refractivity contribution in [3.05, 3.63) is 75.8 Å². The number of halogens is 3. The van der Waals surface area contributed by atoms with Gasteiger partial charge in [-0.25, -0.2) is 9.67 Å². The van der Waals surface area contributed by atoms with Gasteiger partial charge in [-0.15, -0.1) is 0 Å². The van der Waals surface area contributed by atoms with Crippen LogP contribution in [-0.4, -0.2) is 25.8 Å². The van der Waals surface area contributed by atoms with Crippen LogP contribution in [0, 0.1) is 6.92 Å². The van der Waals surface area contributed by atoms with Crippen LogP contribution in [0.15, 0.2) is 53.5 Å². The van der Waals surface area contributed by atoms with Crippen molar-refractivity contribution in [1.82, 2.24) is 14.8 Å². The Balaban J connectivity index is 2.03. The molecule has 7 nitrogen and oxygen atoms in total. The first kappa shape index (κ1) is 19.1. The quantitative estimate of drug-likeness (QED) is 0.717. The van der Waals surface area contributed by atoms with Gasteiger partial charge in [0.1, 0.15) is 0 Å². The molecule has 0 unspecified atom stereocenters. The number of hydrogen-bond acceptors (Lipinski definition) is 5. The van der Waals surface area contributed by atoms with Crippen LogP contribution in [0.2, 0.25) is 0 Å². The fourth-order valence-electron chi connectivity index (χ4n) is 2.44. The van der Waals surface area contributed by atoms with Gasteiger partial charge < -0.3 is 10.4 Å². The van der Waals surface area contributed by atoms with Crippen LogP contribution in [0.5, 0.6) is 5.75 Å². The molecule has 0 bridgehead atoms. The molecule has 3 rings (SSSR count). The molecule has 0 fully saturated rings. The average Bonchev–Trinajstić information content (AvgIpc) is 2.63. The number of anilines is 1. The molecule has 28 heavy (non-hydrogen) atoms. The highest BCUT2D eigenvalue weighted by Crippen LogP contribution is 2.30. The summed E-state index contributed by atoms with van der Waals surface area (Å²) in [7, 11) is 0. The summed E-state index contributed by atoms with van der Waals surface area (Å²) < 4.78 is 39.9. The van der Waals surface area contributed by atoms with Crippen LogP contribution in [-0.2, 0) is 6.18 Å².